The molecule has 3 aromatic rings. The first-order chi connectivity index (χ1) is 16.9. The summed E-state index contributed by atoms with van der Waals surface area (Å²) in [6.45, 7) is 3.26. The zero-order chi connectivity index (χ0) is 24.8. The number of nitrogens with one attached hydrogen (secondary N) is 1. The van der Waals surface area contributed by atoms with Gasteiger partial charge < -0.3 is 14.8 Å². The molecule has 0 unspecified atom stereocenters. The molecule has 0 amide bonds. The number of esters is 1. The van der Waals surface area contributed by atoms with Crippen molar-refractivity contribution in [3.8, 4) is 11.1 Å². The van der Waals surface area contributed by atoms with Crippen molar-refractivity contribution in [2.45, 2.75) is 11.8 Å². The van der Waals surface area contributed by atoms with E-state index in [1.807, 2.05) is 35.7 Å². The Hall–Kier alpha value is -3.05. The third-order valence-electron chi connectivity index (χ3n) is 5.55. The normalized spacial score (nSPS) is 14.4. The van der Waals surface area contributed by atoms with Gasteiger partial charge in [0.15, 0.2) is 5.78 Å². The average Bonchev–Trinajstić information content (AvgIpc) is 3.33. The van der Waals surface area contributed by atoms with E-state index in [1.165, 1.54) is 39.9 Å². The van der Waals surface area contributed by atoms with E-state index in [0.29, 0.717) is 42.4 Å². The highest BCUT2D eigenvalue weighted by Crippen LogP contribution is 2.36. The third kappa shape index (κ3) is 5.62. The van der Waals surface area contributed by atoms with Crippen molar-refractivity contribution < 1.29 is 27.5 Å². The van der Waals surface area contributed by atoms with Crippen molar-refractivity contribution in [2.75, 3.05) is 44.8 Å². The van der Waals surface area contributed by atoms with Gasteiger partial charge >= 0.3 is 5.97 Å². The minimum atomic E-state index is -3.63. The highest BCUT2D eigenvalue weighted by molar-refractivity contribution is 7.89. The first-order valence-corrected chi connectivity index (χ1v) is 13.5. The lowest BCUT2D eigenvalue weighted by Gasteiger charge is -2.26. The number of hydrogen-bond donors (Lipinski definition) is 1. The van der Waals surface area contributed by atoms with Crippen LogP contribution in [-0.2, 0) is 19.5 Å². The van der Waals surface area contributed by atoms with Gasteiger partial charge in [-0.3, -0.25) is 4.79 Å². The number of ether oxygens (including phenoxy) is 2. The summed E-state index contributed by atoms with van der Waals surface area (Å²) < 4.78 is 37.4. The maximum atomic E-state index is 12.8. The minimum absolute atomic E-state index is 0.0588. The number of hydrogen-bond acceptors (Lipinski definition) is 8. The molecule has 1 fully saturated rings. The number of carbonyl (C=O) groups excluding carboxylic acids is 2. The number of morpholine rings is 1. The lowest BCUT2D eigenvalue weighted by molar-refractivity contribution is 0.0528. The maximum absolute atomic E-state index is 12.8. The number of Topliss-reactive ketones (excluding diaryl/α,β-unsaturated/α-hetero) is 1. The molecule has 0 atom stereocenters. The van der Waals surface area contributed by atoms with Crippen LogP contribution in [0.1, 0.15) is 27.6 Å². The summed E-state index contributed by atoms with van der Waals surface area (Å²) in [7, 11) is -3.63. The number of sulfonamides is 1. The van der Waals surface area contributed by atoms with Crippen LogP contribution in [0, 0.1) is 0 Å². The second-order valence-corrected chi connectivity index (χ2v) is 10.6. The number of anilines is 1. The molecule has 0 aliphatic carbocycles. The fraction of sp³-hybridized carbons (Fsp3) is 0.280. The van der Waals surface area contributed by atoms with Crippen LogP contribution in [0.25, 0.3) is 11.1 Å². The van der Waals surface area contributed by atoms with E-state index in [9.17, 15) is 18.0 Å². The average molecular weight is 515 g/mol. The largest absolute Gasteiger partial charge is 0.462 e. The van der Waals surface area contributed by atoms with Gasteiger partial charge in [-0.05, 0) is 36.8 Å². The Morgan fingerprint density at radius 3 is 2.40 bits per heavy atom. The lowest BCUT2D eigenvalue weighted by atomic mass is 10.0. The van der Waals surface area contributed by atoms with Crippen LogP contribution in [0.15, 0.2) is 64.9 Å². The molecular formula is C25H26N2O6S2. The van der Waals surface area contributed by atoms with Crippen LogP contribution < -0.4 is 5.32 Å². The number of benzene rings is 2. The second-order valence-electron chi connectivity index (χ2n) is 7.76. The summed E-state index contributed by atoms with van der Waals surface area (Å²) in [5.74, 6) is -0.690. The number of ketones is 1. The van der Waals surface area contributed by atoms with E-state index in [2.05, 4.69) is 5.32 Å². The fourth-order valence-electron chi connectivity index (χ4n) is 3.74. The van der Waals surface area contributed by atoms with Crippen molar-refractivity contribution in [3.05, 3.63) is 71.1 Å². The SMILES string of the molecule is CCOC(=O)c1c(-c2ccccc2)csc1NCC(=O)c1ccc(S(=O)(=O)N2CCOCC2)cc1. The van der Waals surface area contributed by atoms with Crippen LogP contribution in [0.2, 0.25) is 0 Å². The topological polar surface area (TPSA) is 102 Å². The van der Waals surface area contributed by atoms with Gasteiger partial charge in [0.25, 0.3) is 0 Å². The molecule has 2 aromatic carbocycles. The smallest absolute Gasteiger partial charge is 0.341 e. The molecule has 0 spiro atoms. The monoisotopic (exact) mass is 514 g/mol. The lowest BCUT2D eigenvalue weighted by Crippen LogP contribution is -2.40. The summed E-state index contributed by atoms with van der Waals surface area (Å²) >= 11 is 1.32. The minimum Gasteiger partial charge on any atom is -0.462 e. The molecule has 10 heteroatoms. The van der Waals surface area contributed by atoms with E-state index in [1.54, 1.807) is 6.92 Å². The molecule has 0 radical (unpaired) electrons. The Morgan fingerprint density at radius 2 is 1.74 bits per heavy atom. The predicted molar refractivity (Wildman–Crippen MR) is 135 cm³/mol. The molecule has 184 valence electrons. The number of carbonyl (C=O) groups is 2. The van der Waals surface area contributed by atoms with E-state index in [4.69, 9.17) is 9.47 Å². The van der Waals surface area contributed by atoms with Gasteiger partial charge in [-0.2, -0.15) is 4.31 Å². The van der Waals surface area contributed by atoms with Crippen molar-refractivity contribution in [2.24, 2.45) is 0 Å². The first-order valence-electron chi connectivity index (χ1n) is 11.2. The predicted octanol–water partition coefficient (Wildman–Crippen LogP) is 3.91. The van der Waals surface area contributed by atoms with E-state index < -0.39 is 16.0 Å². The zero-order valence-corrected chi connectivity index (χ0v) is 20.9. The van der Waals surface area contributed by atoms with Crippen LogP contribution in [0.4, 0.5) is 5.00 Å². The molecule has 1 aliphatic heterocycles. The summed E-state index contributed by atoms with van der Waals surface area (Å²) in [6.07, 6.45) is 0. The Bertz CT molecular complexity index is 1280. The Balaban J connectivity index is 1.48. The van der Waals surface area contributed by atoms with Gasteiger partial charge in [0, 0.05) is 29.6 Å². The molecule has 1 aromatic heterocycles. The highest BCUT2D eigenvalue weighted by atomic mass is 32.2. The van der Waals surface area contributed by atoms with Crippen molar-refractivity contribution in [1.29, 1.82) is 0 Å². The van der Waals surface area contributed by atoms with Gasteiger partial charge in [-0.25, -0.2) is 13.2 Å². The molecule has 0 saturated carbocycles. The molecule has 8 nitrogen and oxygen atoms in total. The van der Waals surface area contributed by atoms with Crippen molar-refractivity contribution >= 4 is 38.1 Å². The summed E-state index contributed by atoms with van der Waals surface area (Å²) in [5.41, 5.74) is 2.38. The van der Waals surface area contributed by atoms with E-state index >= 15 is 0 Å². The first kappa shape index (κ1) is 25.1. The maximum Gasteiger partial charge on any atom is 0.341 e. The zero-order valence-electron chi connectivity index (χ0n) is 19.2. The molecule has 2 heterocycles. The summed E-state index contributed by atoms with van der Waals surface area (Å²) in [5, 5.41) is 5.47. The Morgan fingerprint density at radius 1 is 1.06 bits per heavy atom. The van der Waals surface area contributed by atoms with Crippen LogP contribution >= 0.6 is 11.3 Å². The van der Waals surface area contributed by atoms with Gasteiger partial charge in [0.05, 0.1) is 31.3 Å². The number of thiophene rings is 1. The summed E-state index contributed by atoms with van der Waals surface area (Å²) in [4.78, 5) is 25.6. The van der Waals surface area contributed by atoms with Gasteiger partial charge in [-0.1, -0.05) is 30.3 Å². The molecule has 1 aliphatic rings. The third-order valence-corrected chi connectivity index (χ3v) is 8.40. The van der Waals surface area contributed by atoms with Crippen molar-refractivity contribution in [1.82, 2.24) is 4.31 Å². The summed E-state index contributed by atoms with van der Waals surface area (Å²) in [6, 6.07) is 15.4. The van der Waals surface area contributed by atoms with E-state index in [0.717, 1.165) is 11.1 Å². The Labute approximate surface area is 208 Å². The molecular weight excluding hydrogens is 488 g/mol. The van der Waals surface area contributed by atoms with Gasteiger partial charge in [0.2, 0.25) is 10.0 Å². The molecule has 35 heavy (non-hydrogen) atoms. The van der Waals surface area contributed by atoms with Crippen LogP contribution in [-0.4, -0.2) is 63.9 Å². The van der Waals surface area contributed by atoms with Gasteiger partial charge in [0.1, 0.15) is 10.6 Å². The van der Waals surface area contributed by atoms with E-state index in [-0.39, 0.29) is 23.8 Å². The molecule has 4 rings (SSSR count). The fourth-order valence-corrected chi connectivity index (χ4v) is 6.10. The standard InChI is InChI=1S/C25H26N2O6S2/c1-2-33-25(29)23-21(18-6-4-3-5-7-18)17-34-24(23)26-16-22(28)19-8-10-20(11-9-19)35(30,31)27-12-14-32-15-13-27/h3-11,17,26H,2,12-16H2,1H3. The molecule has 1 N–H and O–H groups in total. The number of nitrogens with zero attached hydrogens (tertiary/aromatic N) is 1. The second kappa shape index (κ2) is 11.1. The Kier molecular flexibility index (Phi) is 7.97. The molecule has 0 bridgehead atoms. The molecule has 1 saturated heterocycles. The van der Waals surface area contributed by atoms with Crippen molar-refractivity contribution in [3.63, 3.8) is 0 Å². The highest BCUT2D eigenvalue weighted by Gasteiger charge is 2.26. The quantitative estimate of drug-likeness (QED) is 0.341. The van der Waals surface area contributed by atoms with Crippen LogP contribution in [0.5, 0.6) is 0 Å². The number of rotatable bonds is 9. The van der Waals surface area contributed by atoms with Crippen LogP contribution in [0.3, 0.4) is 0 Å². The van der Waals surface area contributed by atoms with Gasteiger partial charge in [-0.15, -0.1) is 11.3 Å².